The van der Waals surface area contributed by atoms with Crippen LogP contribution in [-0.2, 0) is 9.47 Å². The highest BCUT2D eigenvalue weighted by molar-refractivity contribution is 7.99. The number of rotatable bonds is 10. The van der Waals surface area contributed by atoms with E-state index < -0.39 is 11.9 Å². The first-order valence-corrected chi connectivity index (χ1v) is 10.2. The second kappa shape index (κ2) is 11.4. The van der Waals surface area contributed by atoms with E-state index >= 15 is 0 Å². The molecule has 27 heavy (non-hydrogen) atoms. The molecule has 0 N–H and O–H groups in total. The lowest BCUT2D eigenvalue weighted by atomic mass is 10.1. The van der Waals surface area contributed by atoms with E-state index in [1.165, 1.54) is 11.8 Å². The van der Waals surface area contributed by atoms with Crippen LogP contribution in [0.5, 0.6) is 0 Å². The Balaban J connectivity index is 2.32. The second-order valence-electron chi connectivity index (χ2n) is 6.08. The van der Waals surface area contributed by atoms with Crippen molar-refractivity contribution in [3.05, 3.63) is 59.7 Å². The van der Waals surface area contributed by atoms with Gasteiger partial charge in [0.05, 0.1) is 24.3 Å². The van der Waals surface area contributed by atoms with Crippen molar-refractivity contribution in [1.82, 2.24) is 0 Å². The third-order valence-corrected chi connectivity index (χ3v) is 5.03. The van der Waals surface area contributed by atoms with Gasteiger partial charge in [-0.2, -0.15) is 0 Å². The van der Waals surface area contributed by atoms with Gasteiger partial charge in [-0.15, -0.1) is 0 Å². The van der Waals surface area contributed by atoms with Gasteiger partial charge in [0.15, 0.2) is 0 Å². The van der Waals surface area contributed by atoms with E-state index in [2.05, 4.69) is 0 Å². The molecular formula is C22H26O4S. The molecule has 0 aliphatic rings. The fraction of sp³-hybridized carbons (Fsp3) is 0.364. The quantitative estimate of drug-likeness (QED) is 0.384. The van der Waals surface area contributed by atoms with Gasteiger partial charge in [-0.25, -0.2) is 9.59 Å². The van der Waals surface area contributed by atoms with Crippen molar-refractivity contribution in [3.8, 4) is 0 Å². The Morgan fingerprint density at radius 2 is 1.30 bits per heavy atom. The smallest absolute Gasteiger partial charge is 0.339 e. The number of hydrogen-bond donors (Lipinski definition) is 0. The van der Waals surface area contributed by atoms with Gasteiger partial charge >= 0.3 is 11.9 Å². The van der Waals surface area contributed by atoms with Crippen molar-refractivity contribution >= 4 is 23.7 Å². The molecule has 0 unspecified atom stereocenters. The summed E-state index contributed by atoms with van der Waals surface area (Å²) in [5.74, 6) is -0.824. The largest absolute Gasteiger partial charge is 0.462 e. The molecule has 2 aromatic carbocycles. The lowest BCUT2D eigenvalue weighted by Gasteiger charge is -2.14. The molecule has 0 heterocycles. The third-order valence-electron chi connectivity index (χ3n) is 3.88. The molecule has 0 bridgehead atoms. The molecule has 0 aliphatic carbocycles. The summed E-state index contributed by atoms with van der Waals surface area (Å²) < 4.78 is 10.8. The summed E-state index contributed by atoms with van der Waals surface area (Å²) in [6.45, 7) is 4.82. The summed E-state index contributed by atoms with van der Waals surface area (Å²) in [6.07, 6.45) is 3.52. The lowest BCUT2D eigenvalue weighted by Crippen LogP contribution is -2.13. The predicted molar refractivity (Wildman–Crippen MR) is 107 cm³/mol. The highest BCUT2D eigenvalue weighted by Crippen LogP contribution is 2.34. The molecule has 2 aromatic rings. The second-order valence-corrected chi connectivity index (χ2v) is 7.16. The molecule has 4 nitrogen and oxygen atoms in total. The van der Waals surface area contributed by atoms with Gasteiger partial charge in [-0.05, 0) is 37.1 Å². The molecule has 0 spiro atoms. The molecule has 0 aliphatic heterocycles. The van der Waals surface area contributed by atoms with E-state index in [-0.39, 0.29) is 0 Å². The Morgan fingerprint density at radius 3 is 1.78 bits per heavy atom. The van der Waals surface area contributed by atoms with Crippen LogP contribution in [0.15, 0.2) is 58.3 Å². The van der Waals surface area contributed by atoms with Gasteiger partial charge in [0, 0.05) is 9.79 Å². The third kappa shape index (κ3) is 6.43. The number of hydrogen-bond acceptors (Lipinski definition) is 5. The standard InChI is InChI=1S/C22H26O4S/c1-3-5-15-25-21(23)18-13-10-14-19(22(24)26-16-6-4-2)20(18)27-17-11-8-7-9-12-17/h7-14H,3-6,15-16H2,1-2H3. The van der Waals surface area contributed by atoms with Crippen LogP contribution in [0.25, 0.3) is 0 Å². The maximum Gasteiger partial charge on any atom is 0.339 e. The number of esters is 2. The number of carbonyl (C=O) groups excluding carboxylic acids is 2. The van der Waals surface area contributed by atoms with Gasteiger partial charge in [0.2, 0.25) is 0 Å². The zero-order valence-corrected chi connectivity index (χ0v) is 16.7. The summed E-state index contributed by atoms with van der Waals surface area (Å²) >= 11 is 1.37. The Hall–Kier alpha value is -2.27. The lowest BCUT2D eigenvalue weighted by molar-refractivity contribution is 0.0490. The van der Waals surface area contributed by atoms with Crippen molar-refractivity contribution in [2.45, 2.75) is 49.3 Å². The average molecular weight is 387 g/mol. The van der Waals surface area contributed by atoms with E-state index in [0.29, 0.717) is 29.2 Å². The summed E-state index contributed by atoms with van der Waals surface area (Å²) in [4.78, 5) is 26.7. The Kier molecular flexibility index (Phi) is 8.92. The first-order chi connectivity index (χ1) is 13.2. The molecule has 0 amide bonds. The van der Waals surface area contributed by atoms with Crippen molar-refractivity contribution in [2.75, 3.05) is 13.2 Å². The van der Waals surface area contributed by atoms with Crippen LogP contribution in [-0.4, -0.2) is 25.2 Å². The fourth-order valence-electron chi connectivity index (χ4n) is 2.35. The van der Waals surface area contributed by atoms with Crippen molar-refractivity contribution < 1.29 is 19.1 Å². The van der Waals surface area contributed by atoms with Crippen LogP contribution in [0.3, 0.4) is 0 Å². The zero-order valence-electron chi connectivity index (χ0n) is 15.9. The molecule has 0 radical (unpaired) electrons. The Labute approximate surface area is 165 Å². The van der Waals surface area contributed by atoms with Crippen LogP contribution < -0.4 is 0 Å². The van der Waals surface area contributed by atoms with E-state index in [9.17, 15) is 9.59 Å². The van der Waals surface area contributed by atoms with Crippen molar-refractivity contribution in [2.24, 2.45) is 0 Å². The van der Waals surface area contributed by atoms with E-state index in [4.69, 9.17) is 9.47 Å². The predicted octanol–water partition coefficient (Wildman–Crippen LogP) is 5.75. The highest BCUT2D eigenvalue weighted by Gasteiger charge is 2.22. The first kappa shape index (κ1) is 21.0. The Morgan fingerprint density at radius 1 is 0.778 bits per heavy atom. The monoisotopic (exact) mass is 386 g/mol. The Bertz CT molecular complexity index is 703. The number of carbonyl (C=O) groups is 2. The van der Waals surface area contributed by atoms with Gasteiger partial charge in [0.1, 0.15) is 0 Å². The summed E-state index contributed by atoms with van der Waals surface area (Å²) in [5, 5.41) is 0. The highest BCUT2D eigenvalue weighted by atomic mass is 32.2. The van der Waals surface area contributed by atoms with E-state index in [1.807, 2.05) is 44.2 Å². The fourth-order valence-corrected chi connectivity index (χ4v) is 3.40. The van der Waals surface area contributed by atoms with Crippen LogP contribution in [0.2, 0.25) is 0 Å². The molecule has 5 heteroatoms. The van der Waals surface area contributed by atoms with Crippen LogP contribution in [0.1, 0.15) is 60.2 Å². The maximum atomic E-state index is 12.6. The van der Waals surface area contributed by atoms with E-state index in [1.54, 1.807) is 18.2 Å². The minimum atomic E-state index is -0.412. The first-order valence-electron chi connectivity index (χ1n) is 9.37. The zero-order chi connectivity index (χ0) is 19.5. The van der Waals surface area contributed by atoms with Crippen LogP contribution in [0, 0.1) is 0 Å². The summed E-state index contributed by atoms with van der Waals surface area (Å²) in [6, 6.07) is 14.7. The molecule has 0 atom stereocenters. The molecule has 0 aromatic heterocycles. The average Bonchev–Trinajstić information content (AvgIpc) is 2.69. The normalized spacial score (nSPS) is 10.4. The number of benzene rings is 2. The molecule has 0 fully saturated rings. The van der Waals surface area contributed by atoms with Crippen LogP contribution in [0.4, 0.5) is 0 Å². The number of unbranched alkanes of at least 4 members (excludes halogenated alkanes) is 2. The van der Waals surface area contributed by atoms with Gasteiger partial charge in [0.25, 0.3) is 0 Å². The molecular weight excluding hydrogens is 360 g/mol. The van der Waals surface area contributed by atoms with Gasteiger partial charge in [-0.3, -0.25) is 0 Å². The molecule has 144 valence electrons. The van der Waals surface area contributed by atoms with Crippen molar-refractivity contribution in [3.63, 3.8) is 0 Å². The van der Waals surface area contributed by atoms with Crippen molar-refractivity contribution in [1.29, 1.82) is 0 Å². The van der Waals surface area contributed by atoms with E-state index in [0.717, 1.165) is 30.6 Å². The molecule has 0 saturated carbocycles. The number of ether oxygens (including phenoxy) is 2. The topological polar surface area (TPSA) is 52.6 Å². The maximum absolute atomic E-state index is 12.6. The molecule has 0 saturated heterocycles. The van der Waals surface area contributed by atoms with Gasteiger partial charge < -0.3 is 9.47 Å². The molecule has 2 rings (SSSR count). The van der Waals surface area contributed by atoms with Crippen LogP contribution >= 0.6 is 11.8 Å². The van der Waals surface area contributed by atoms with Gasteiger partial charge in [-0.1, -0.05) is 62.7 Å². The summed E-state index contributed by atoms with van der Waals surface area (Å²) in [7, 11) is 0. The summed E-state index contributed by atoms with van der Waals surface area (Å²) in [5.41, 5.74) is 0.787. The minimum absolute atomic E-state index is 0.371. The minimum Gasteiger partial charge on any atom is -0.462 e. The SMILES string of the molecule is CCCCOC(=O)c1cccc(C(=O)OCCCC)c1Sc1ccccc1.